The number of halogens is 2. The van der Waals surface area contributed by atoms with Gasteiger partial charge in [-0.25, -0.2) is 14.4 Å². The Morgan fingerprint density at radius 3 is 1.57 bits per heavy atom. The third-order valence-electron chi connectivity index (χ3n) is 4.72. The van der Waals surface area contributed by atoms with E-state index in [0.29, 0.717) is 15.7 Å². The third-order valence-corrected chi connectivity index (χ3v) is 5.23. The second-order valence-corrected chi connectivity index (χ2v) is 8.23. The Hall–Kier alpha value is -3.88. The Kier molecular flexibility index (Phi) is 8.46. The van der Waals surface area contributed by atoms with E-state index in [1.807, 2.05) is 6.92 Å². The number of anilines is 1. The minimum Gasteiger partial charge on any atom is -0.478 e. The Morgan fingerprint density at radius 2 is 1.14 bits per heavy atom. The molecule has 1 amide bonds. The summed E-state index contributed by atoms with van der Waals surface area (Å²) in [5.41, 5.74) is 1.24. The van der Waals surface area contributed by atoms with E-state index in [-0.39, 0.29) is 11.1 Å². The lowest BCUT2D eigenvalue weighted by molar-refractivity contribution is -0.157. The van der Waals surface area contributed by atoms with Crippen LogP contribution in [0.4, 0.5) is 5.69 Å². The molecule has 0 saturated carbocycles. The molecule has 0 aromatic heterocycles. The number of benzene rings is 3. The van der Waals surface area contributed by atoms with Crippen LogP contribution >= 0.6 is 23.2 Å². The summed E-state index contributed by atoms with van der Waals surface area (Å²) in [4.78, 5) is 50.4. The highest BCUT2D eigenvalue weighted by atomic mass is 35.5. The number of carboxylic acids is 1. The molecule has 0 radical (unpaired) electrons. The van der Waals surface area contributed by atoms with Gasteiger partial charge in [-0.3, -0.25) is 4.79 Å². The van der Waals surface area contributed by atoms with E-state index < -0.39 is 36.0 Å². The number of ether oxygens (including phenoxy) is 2. The largest absolute Gasteiger partial charge is 0.478 e. The van der Waals surface area contributed by atoms with Crippen molar-refractivity contribution >= 4 is 52.7 Å². The van der Waals surface area contributed by atoms with Gasteiger partial charge >= 0.3 is 17.9 Å². The van der Waals surface area contributed by atoms with E-state index in [1.165, 1.54) is 48.5 Å². The van der Waals surface area contributed by atoms with Crippen molar-refractivity contribution in [1.82, 2.24) is 0 Å². The number of amides is 1. The van der Waals surface area contributed by atoms with Gasteiger partial charge in [0.15, 0.2) is 0 Å². The lowest BCUT2D eigenvalue weighted by atomic mass is 10.1. The highest BCUT2D eigenvalue weighted by Gasteiger charge is 2.41. The third kappa shape index (κ3) is 7.05. The van der Waals surface area contributed by atoms with Gasteiger partial charge in [-0.15, -0.1) is 0 Å². The monoisotopic (exact) mass is 515 g/mol. The molecule has 0 heterocycles. The Bertz CT molecular complexity index is 1230. The molecule has 8 nitrogen and oxygen atoms in total. The van der Waals surface area contributed by atoms with Crippen molar-refractivity contribution < 1.29 is 33.8 Å². The summed E-state index contributed by atoms with van der Waals surface area (Å²) >= 11 is 11.6. The van der Waals surface area contributed by atoms with E-state index >= 15 is 0 Å². The van der Waals surface area contributed by atoms with Crippen LogP contribution in [0.2, 0.25) is 10.0 Å². The van der Waals surface area contributed by atoms with Gasteiger partial charge in [0.05, 0.1) is 11.1 Å². The highest BCUT2D eigenvalue weighted by molar-refractivity contribution is 6.31. The highest BCUT2D eigenvalue weighted by Crippen LogP contribution is 2.18. The van der Waals surface area contributed by atoms with Crippen LogP contribution in [0.5, 0.6) is 0 Å². The maximum absolute atomic E-state index is 13.0. The number of esters is 2. The fourth-order valence-corrected chi connectivity index (χ4v) is 3.14. The molecule has 2 N–H and O–H groups in total. The zero-order chi connectivity index (χ0) is 25.5. The van der Waals surface area contributed by atoms with E-state index in [0.717, 1.165) is 5.56 Å². The van der Waals surface area contributed by atoms with Crippen LogP contribution in [0.3, 0.4) is 0 Å². The summed E-state index contributed by atoms with van der Waals surface area (Å²) in [5.74, 6) is -4.77. The Labute approximate surface area is 210 Å². The average Bonchev–Trinajstić information content (AvgIpc) is 2.83. The van der Waals surface area contributed by atoms with Crippen molar-refractivity contribution in [3.8, 4) is 0 Å². The molecule has 0 spiro atoms. The molecule has 0 aliphatic heterocycles. The van der Waals surface area contributed by atoms with Gasteiger partial charge in [0.25, 0.3) is 5.91 Å². The first kappa shape index (κ1) is 25.7. The van der Waals surface area contributed by atoms with Crippen molar-refractivity contribution in [2.45, 2.75) is 19.1 Å². The molecule has 35 heavy (non-hydrogen) atoms. The van der Waals surface area contributed by atoms with Crippen LogP contribution in [0, 0.1) is 6.92 Å². The van der Waals surface area contributed by atoms with E-state index in [9.17, 15) is 24.3 Å². The summed E-state index contributed by atoms with van der Waals surface area (Å²) in [6, 6.07) is 17.6. The molecule has 3 aromatic rings. The number of aliphatic carboxylic acids is 1. The number of hydrogen-bond acceptors (Lipinski definition) is 6. The summed E-state index contributed by atoms with van der Waals surface area (Å²) in [7, 11) is 0. The van der Waals surface area contributed by atoms with Gasteiger partial charge < -0.3 is 19.9 Å². The van der Waals surface area contributed by atoms with Crippen LogP contribution in [0.15, 0.2) is 72.8 Å². The molecule has 0 aliphatic carbocycles. The molecular formula is C25H19Cl2NO7. The lowest BCUT2D eigenvalue weighted by Gasteiger charge is -2.23. The molecular weight excluding hydrogens is 497 g/mol. The number of hydrogen-bond donors (Lipinski definition) is 2. The smallest absolute Gasteiger partial charge is 0.349 e. The zero-order valence-electron chi connectivity index (χ0n) is 18.2. The molecule has 0 unspecified atom stereocenters. The van der Waals surface area contributed by atoms with Gasteiger partial charge in [-0.1, -0.05) is 40.9 Å². The minimum atomic E-state index is -2.15. The van der Waals surface area contributed by atoms with Crippen molar-refractivity contribution in [1.29, 1.82) is 0 Å². The SMILES string of the molecule is Cc1ccc(NC(=O)[C@@H](OC(=O)c2ccc(Cl)cc2)[C@H](OC(=O)c2ccc(Cl)cc2)C(=O)O)cc1. The molecule has 3 rings (SSSR count). The second kappa shape index (κ2) is 11.5. The first-order valence-electron chi connectivity index (χ1n) is 10.2. The number of nitrogens with one attached hydrogen (secondary N) is 1. The van der Waals surface area contributed by atoms with Gasteiger partial charge in [0, 0.05) is 15.7 Å². The quantitative estimate of drug-likeness (QED) is 0.414. The summed E-state index contributed by atoms with van der Waals surface area (Å²) < 4.78 is 10.3. The fraction of sp³-hybridized carbons (Fsp3) is 0.120. The standard InChI is InChI=1S/C25H19Cl2NO7/c1-14-2-12-19(13-3-14)28-22(29)20(34-24(32)15-4-8-17(26)9-5-15)21(23(30)31)35-25(33)16-6-10-18(27)11-7-16/h2-13,20-21H,1H3,(H,28,29)(H,30,31)/t20-,21-/m0/s1. The van der Waals surface area contributed by atoms with E-state index in [1.54, 1.807) is 24.3 Å². The summed E-state index contributed by atoms with van der Waals surface area (Å²) in [6.07, 6.45) is -4.17. The Morgan fingerprint density at radius 1 is 0.714 bits per heavy atom. The van der Waals surface area contributed by atoms with E-state index in [4.69, 9.17) is 32.7 Å². The fourth-order valence-electron chi connectivity index (χ4n) is 2.88. The van der Waals surface area contributed by atoms with Gasteiger partial charge in [-0.2, -0.15) is 0 Å². The van der Waals surface area contributed by atoms with Crippen molar-refractivity contribution in [2.75, 3.05) is 5.32 Å². The number of carbonyl (C=O) groups excluding carboxylic acids is 3. The normalized spacial score (nSPS) is 12.2. The predicted octanol–water partition coefficient (Wildman–Crippen LogP) is 4.78. The first-order chi connectivity index (χ1) is 16.6. The van der Waals surface area contributed by atoms with Crippen LogP contribution in [-0.4, -0.2) is 41.1 Å². The second-order valence-electron chi connectivity index (χ2n) is 7.36. The van der Waals surface area contributed by atoms with Gasteiger partial charge in [-0.05, 0) is 67.6 Å². The van der Waals surface area contributed by atoms with Crippen LogP contribution in [-0.2, 0) is 19.1 Å². The number of carboxylic acid groups (broad SMARTS) is 1. The van der Waals surface area contributed by atoms with Crippen LogP contribution in [0.1, 0.15) is 26.3 Å². The predicted molar refractivity (Wildman–Crippen MR) is 129 cm³/mol. The maximum Gasteiger partial charge on any atom is 0.349 e. The van der Waals surface area contributed by atoms with Crippen molar-refractivity contribution in [3.05, 3.63) is 99.5 Å². The Balaban J connectivity index is 1.90. The molecule has 0 fully saturated rings. The van der Waals surface area contributed by atoms with Gasteiger partial charge in [0.2, 0.25) is 12.2 Å². The van der Waals surface area contributed by atoms with E-state index in [2.05, 4.69) is 5.32 Å². The molecule has 180 valence electrons. The zero-order valence-corrected chi connectivity index (χ0v) is 19.7. The number of aryl methyl sites for hydroxylation is 1. The molecule has 0 aliphatic rings. The number of rotatable bonds is 8. The first-order valence-corrected chi connectivity index (χ1v) is 10.9. The summed E-state index contributed by atoms with van der Waals surface area (Å²) in [6.45, 7) is 1.85. The lowest BCUT2D eigenvalue weighted by Crippen LogP contribution is -2.48. The van der Waals surface area contributed by atoms with Crippen molar-refractivity contribution in [3.63, 3.8) is 0 Å². The van der Waals surface area contributed by atoms with Gasteiger partial charge in [0.1, 0.15) is 0 Å². The maximum atomic E-state index is 13.0. The topological polar surface area (TPSA) is 119 Å². The molecule has 10 heteroatoms. The van der Waals surface area contributed by atoms with Crippen LogP contribution in [0.25, 0.3) is 0 Å². The molecule has 0 bridgehead atoms. The molecule has 2 atom stereocenters. The van der Waals surface area contributed by atoms with Crippen LogP contribution < -0.4 is 5.32 Å². The minimum absolute atomic E-state index is 0.00991. The molecule has 0 saturated heterocycles. The summed E-state index contributed by atoms with van der Waals surface area (Å²) in [5, 5.41) is 13.0. The number of carbonyl (C=O) groups is 4. The molecule has 3 aromatic carbocycles. The van der Waals surface area contributed by atoms with Crippen molar-refractivity contribution in [2.24, 2.45) is 0 Å². The average molecular weight is 516 g/mol.